The number of rotatable bonds is 10. The van der Waals surface area contributed by atoms with Gasteiger partial charge in [-0.2, -0.15) is 0 Å². The summed E-state index contributed by atoms with van der Waals surface area (Å²) < 4.78 is 0. The Hall–Kier alpha value is -0.820. The van der Waals surface area contributed by atoms with Crippen molar-refractivity contribution >= 4 is 0 Å². The van der Waals surface area contributed by atoms with Gasteiger partial charge in [0.05, 0.1) is 0 Å². The molecule has 3 aliphatic rings. The Morgan fingerprint density at radius 2 is 1.90 bits per heavy atom. The van der Waals surface area contributed by atoms with Crippen molar-refractivity contribution in [3.63, 3.8) is 0 Å². The SMILES string of the molecule is C/C=C(\CC)C(CC/C=C\C1CC1CC)CC1NCCC1(C)C=C1CCC1.CC.CC.[HH]. The van der Waals surface area contributed by atoms with Crippen LogP contribution in [-0.4, -0.2) is 12.6 Å². The molecule has 0 radical (unpaired) electrons. The van der Waals surface area contributed by atoms with Crippen molar-refractivity contribution in [3.05, 3.63) is 35.5 Å². The highest BCUT2D eigenvalue weighted by Crippen LogP contribution is 2.43. The topological polar surface area (TPSA) is 12.0 Å². The molecule has 1 N–H and O–H groups in total. The first-order chi connectivity index (χ1) is 15.1. The average molecular weight is 432 g/mol. The van der Waals surface area contributed by atoms with E-state index in [0.29, 0.717) is 11.5 Å². The summed E-state index contributed by atoms with van der Waals surface area (Å²) in [6.45, 7) is 18.6. The molecule has 2 aliphatic carbocycles. The van der Waals surface area contributed by atoms with Crippen molar-refractivity contribution in [1.82, 2.24) is 5.32 Å². The fourth-order valence-electron chi connectivity index (χ4n) is 5.45. The molecule has 1 saturated heterocycles. The molecule has 31 heavy (non-hydrogen) atoms. The van der Waals surface area contributed by atoms with Gasteiger partial charge in [0.15, 0.2) is 0 Å². The summed E-state index contributed by atoms with van der Waals surface area (Å²) in [4.78, 5) is 0. The Morgan fingerprint density at radius 1 is 1.19 bits per heavy atom. The fraction of sp³-hybridized carbons (Fsp3) is 0.800. The molecule has 0 bridgehead atoms. The molecule has 1 heterocycles. The maximum absolute atomic E-state index is 3.88. The Labute approximate surface area is 197 Å². The summed E-state index contributed by atoms with van der Waals surface area (Å²) in [5.41, 5.74) is 3.77. The van der Waals surface area contributed by atoms with E-state index in [1.54, 1.807) is 11.1 Å². The van der Waals surface area contributed by atoms with E-state index >= 15 is 0 Å². The Morgan fingerprint density at radius 3 is 2.42 bits per heavy atom. The van der Waals surface area contributed by atoms with Gasteiger partial charge in [0, 0.05) is 12.9 Å². The minimum absolute atomic E-state index is 0. The number of hydrogen-bond donors (Lipinski definition) is 1. The van der Waals surface area contributed by atoms with Crippen molar-refractivity contribution in [2.75, 3.05) is 6.54 Å². The van der Waals surface area contributed by atoms with E-state index in [4.69, 9.17) is 0 Å². The molecular weight excluding hydrogens is 374 g/mol. The quantitative estimate of drug-likeness (QED) is 0.339. The number of hydrogen-bond acceptors (Lipinski definition) is 1. The zero-order valence-corrected chi connectivity index (χ0v) is 22.4. The van der Waals surface area contributed by atoms with Crippen molar-refractivity contribution in [3.8, 4) is 0 Å². The molecule has 2 saturated carbocycles. The molecule has 0 aromatic rings. The van der Waals surface area contributed by atoms with E-state index in [2.05, 4.69) is 57.3 Å². The Bertz CT molecular complexity index is 569. The third-order valence-electron chi connectivity index (χ3n) is 7.77. The Kier molecular flexibility index (Phi) is 13.7. The minimum atomic E-state index is 0. The van der Waals surface area contributed by atoms with Gasteiger partial charge in [0.2, 0.25) is 0 Å². The molecule has 1 nitrogen and oxygen atoms in total. The summed E-state index contributed by atoms with van der Waals surface area (Å²) >= 11 is 0. The lowest BCUT2D eigenvalue weighted by Crippen LogP contribution is -2.36. The molecule has 0 aromatic heterocycles. The van der Waals surface area contributed by atoms with Crippen LogP contribution in [0.25, 0.3) is 0 Å². The second-order valence-corrected chi connectivity index (χ2v) is 9.64. The number of allylic oxidation sites excluding steroid dienone is 5. The van der Waals surface area contributed by atoms with Gasteiger partial charge in [0.25, 0.3) is 0 Å². The summed E-state index contributed by atoms with van der Waals surface area (Å²) in [6.07, 6.45) is 23.4. The maximum Gasteiger partial charge on any atom is 0.0162 e. The second kappa shape index (κ2) is 15.1. The van der Waals surface area contributed by atoms with Gasteiger partial charge in [-0.05, 0) is 89.0 Å². The van der Waals surface area contributed by atoms with Crippen LogP contribution in [0.2, 0.25) is 0 Å². The van der Waals surface area contributed by atoms with Crippen molar-refractivity contribution in [2.24, 2.45) is 23.2 Å². The molecule has 1 heteroatoms. The highest BCUT2D eigenvalue weighted by atomic mass is 15.0. The second-order valence-electron chi connectivity index (χ2n) is 9.64. The third-order valence-corrected chi connectivity index (χ3v) is 7.77. The van der Waals surface area contributed by atoms with Crippen LogP contribution in [0.3, 0.4) is 0 Å². The van der Waals surface area contributed by atoms with Crippen molar-refractivity contribution in [1.29, 1.82) is 0 Å². The molecule has 0 spiro atoms. The van der Waals surface area contributed by atoms with E-state index < -0.39 is 0 Å². The van der Waals surface area contributed by atoms with Crippen LogP contribution in [0.1, 0.15) is 121 Å². The lowest BCUT2D eigenvalue weighted by molar-refractivity contribution is 0.302. The summed E-state index contributed by atoms with van der Waals surface area (Å²) in [7, 11) is 0. The summed E-state index contributed by atoms with van der Waals surface area (Å²) in [5.74, 6) is 2.62. The zero-order valence-electron chi connectivity index (χ0n) is 22.4. The standard InChI is InChI=1S/C26H43N.2C2H6.H2/c1-5-21(6-2)24(14-9-8-13-23-17-22(23)7-3)18-25-26(4,15-16-27-25)19-20-11-10-12-20;2*1-2;/h5,8,13,19,22-25,27H,6-7,9-12,14-18H2,1-4H3;2*1-2H3;1H/b13-8-,21-5+;;;. The normalized spacial score (nSPS) is 30.6. The fourth-order valence-corrected chi connectivity index (χ4v) is 5.45. The van der Waals surface area contributed by atoms with Crippen LogP contribution < -0.4 is 5.32 Å². The van der Waals surface area contributed by atoms with E-state index in [-0.39, 0.29) is 1.43 Å². The first kappa shape index (κ1) is 28.2. The predicted octanol–water partition coefficient (Wildman–Crippen LogP) is 9.51. The summed E-state index contributed by atoms with van der Waals surface area (Å²) in [6, 6.07) is 0.647. The van der Waals surface area contributed by atoms with Crippen molar-refractivity contribution < 1.29 is 1.43 Å². The first-order valence-corrected chi connectivity index (χ1v) is 13.8. The van der Waals surface area contributed by atoms with E-state index in [1.807, 2.05) is 27.7 Å². The molecule has 0 aromatic carbocycles. The Balaban J connectivity index is 0.00000182. The van der Waals surface area contributed by atoms with Gasteiger partial charge in [-0.1, -0.05) is 90.3 Å². The molecule has 0 amide bonds. The van der Waals surface area contributed by atoms with Crippen LogP contribution in [0, 0.1) is 23.2 Å². The summed E-state index contributed by atoms with van der Waals surface area (Å²) in [5, 5.41) is 3.88. The molecule has 3 fully saturated rings. The van der Waals surface area contributed by atoms with Gasteiger partial charge >= 0.3 is 0 Å². The van der Waals surface area contributed by atoms with Crippen LogP contribution in [0.4, 0.5) is 0 Å². The van der Waals surface area contributed by atoms with Gasteiger partial charge < -0.3 is 5.32 Å². The highest BCUT2D eigenvalue weighted by molar-refractivity contribution is 5.19. The van der Waals surface area contributed by atoms with Gasteiger partial charge in [0.1, 0.15) is 0 Å². The highest BCUT2D eigenvalue weighted by Gasteiger charge is 2.39. The lowest BCUT2D eigenvalue weighted by Gasteiger charge is -2.34. The van der Waals surface area contributed by atoms with E-state index in [1.165, 1.54) is 70.8 Å². The molecule has 182 valence electrons. The average Bonchev–Trinajstić information content (AvgIpc) is 3.45. The minimum Gasteiger partial charge on any atom is -0.313 e. The van der Waals surface area contributed by atoms with Gasteiger partial charge in [-0.15, -0.1) is 0 Å². The zero-order chi connectivity index (χ0) is 23.3. The van der Waals surface area contributed by atoms with E-state index in [0.717, 1.165) is 17.8 Å². The van der Waals surface area contributed by atoms with Gasteiger partial charge in [-0.3, -0.25) is 0 Å². The molecule has 5 atom stereocenters. The van der Waals surface area contributed by atoms with Crippen molar-refractivity contribution in [2.45, 2.75) is 126 Å². The number of nitrogens with one attached hydrogen (secondary N) is 1. The lowest BCUT2D eigenvalue weighted by atomic mass is 9.73. The smallest absolute Gasteiger partial charge is 0.0162 e. The van der Waals surface area contributed by atoms with Crippen LogP contribution >= 0.6 is 0 Å². The van der Waals surface area contributed by atoms with Crippen LogP contribution in [0.5, 0.6) is 0 Å². The first-order valence-electron chi connectivity index (χ1n) is 13.8. The van der Waals surface area contributed by atoms with Gasteiger partial charge in [-0.25, -0.2) is 0 Å². The molecule has 1 aliphatic heterocycles. The predicted molar refractivity (Wildman–Crippen MR) is 144 cm³/mol. The molecule has 3 rings (SSSR count). The third kappa shape index (κ3) is 8.56. The molecular formula is C30H57N. The monoisotopic (exact) mass is 431 g/mol. The van der Waals surface area contributed by atoms with Crippen LogP contribution in [-0.2, 0) is 0 Å². The maximum atomic E-state index is 3.88. The van der Waals surface area contributed by atoms with Crippen LogP contribution in [0.15, 0.2) is 35.5 Å². The largest absolute Gasteiger partial charge is 0.313 e. The van der Waals surface area contributed by atoms with E-state index in [9.17, 15) is 0 Å². The molecule has 5 unspecified atom stereocenters.